The Morgan fingerprint density at radius 3 is 2.12 bits per heavy atom. The van der Waals surface area contributed by atoms with Gasteiger partial charge in [0, 0.05) is 12.1 Å². The molecule has 0 aromatic heterocycles. The van der Waals surface area contributed by atoms with Gasteiger partial charge in [-0.25, -0.2) is 4.79 Å². The van der Waals surface area contributed by atoms with E-state index in [1.54, 1.807) is 0 Å². The van der Waals surface area contributed by atoms with E-state index in [9.17, 15) is 13.2 Å². The van der Waals surface area contributed by atoms with Crippen molar-refractivity contribution in [1.29, 1.82) is 0 Å². The number of rotatable bonds is 7. The topological polar surface area (TPSA) is 94.9 Å². The summed E-state index contributed by atoms with van der Waals surface area (Å²) in [6.07, 6.45) is 0.519. The maximum absolute atomic E-state index is 10.8. The first-order chi connectivity index (χ1) is 7.63. The van der Waals surface area contributed by atoms with E-state index in [-0.39, 0.29) is 12.0 Å². The molecule has 0 unspecified atom stereocenters. The van der Waals surface area contributed by atoms with Crippen LogP contribution in [0.15, 0.2) is 11.1 Å². The first-order valence-corrected chi connectivity index (χ1v) is 6.76. The fraction of sp³-hybridized carbons (Fsp3) is 0.700. The van der Waals surface area contributed by atoms with Crippen LogP contribution in [0.25, 0.3) is 0 Å². The van der Waals surface area contributed by atoms with Crippen molar-refractivity contribution in [1.82, 2.24) is 4.90 Å². The largest absolute Gasteiger partial charge is 0.478 e. The highest BCUT2D eigenvalue weighted by molar-refractivity contribution is 7.85. The number of hydrogen-bond donors (Lipinski definition) is 2. The van der Waals surface area contributed by atoms with Crippen LogP contribution in [0.3, 0.4) is 0 Å². The van der Waals surface area contributed by atoms with Crippen molar-refractivity contribution >= 4 is 16.1 Å². The smallest absolute Gasteiger partial charge is 0.331 e. The van der Waals surface area contributed by atoms with Gasteiger partial charge < -0.3 is 10.0 Å². The Bertz CT molecular complexity index is 397. The van der Waals surface area contributed by atoms with Crippen LogP contribution in [0.1, 0.15) is 19.8 Å². The van der Waals surface area contributed by atoms with Gasteiger partial charge in [0.25, 0.3) is 10.1 Å². The van der Waals surface area contributed by atoms with E-state index in [1.165, 1.54) is 6.92 Å². The summed E-state index contributed by atoms with van der Waals surface area (Å²) in [7, 11) is -0.370. The fourth-order valence-electron chi connectivity index (χ4n) is 1.26. The lowest BCUT2D eigenvalue weighted by atomic mass is 10.0. The molecule has 0 spiro atoms. The molecule has 7 heteroatoms. The van der Waals surface area contributed by atoms with E-state index in [2.05, 4.69) is 0 Å². The molecule has 0 aliphatic rings. The van der Waals surface area contributed by atoms with Crippen LogP contribution >= 0.6 is 0 Å². The van der Waals surface area contributed by atoms with E-state index in [0.717, 1.165) is 0 Å². The summed E-state index contributed by atoms with van der Waals surface area (Å²) in [4.78, 5) is 12.7. The number of aliphatic carboxylic acids is 1. The molecular weight excluding hydrogens is 246 g/mol. The first kappa shape index (κ1) is 16.1. The average molecular weight is 265 g/mol. The summed E-state index contributed by atoms with van der Waals surface area (Å²) < 4.78 is 29.9. The molecule has 0 fully saturated rings. The second-order valence-corrected chi connectivity index (χ2v) is 5.70. The molecule has 0 heterocycles. The van der Waals surface area contributed by atoms with E-state index >= 15 is 0 Å². The van der Waals surface area contributed by atoms with Crippen molar-refractivity contribution in [3.8, 4) is 0 Å². The van der Waals surface area contributed by atoms with E-state index in [0.29, 0.717) is 18.5 Å². The molecule has 0 rings (SSSR count). The van der Waals surface area contributed by atoms with Crippen LogP contribution in [0.4, 0.5) is 0 Å². The zero-order valence-corrected chi connectivity index (χ0v) is 11.1. The molecule has 0 amide bonds. The lowest BCUT2D eigenvalue weighted by Crippen LogP contribution is -2.16. The molecule has 0 radical (unpaired) electrons. The van der Waals surface area contributed by atoms with Crippen LogP contribution < -0.4 is 0 Å². The Morgan fingerprint density at radius 1 is 1.24 bits per heavy atom. The van der Waals surface area contributed by atoms with Gasteiger partial charge in [0.05, 0.1) is 5.75 Å². The van der Waals surface area contributed by atoms with E-state index in [4.69, 9.17) is 9.66 Å². The predicted octanol–water partition coefficient (Wildman–Crippen LogP) is 0.617. The number of carboxylic acids is 1. The van der Waals surface area contributed by atoms with Crippen molar-refractivity contribution < 1.29 is 22.9 Å². The Balaban J connectivity index is 4.75. The minimum absolute atomic E-state index is 0.0464. The summed E-state index contributed by atoms with van der Waals surface area (Å²) >= 11 is 0. The summed E-state index contributed by atoms with van der Waals surface area (Å²) in [5.41, 5.74) is 0.694. The third-order valence-electron chi connectivity index (χ3n) is 2.37. The second-order valence-electron chi connectivity index (χ2n) is 4.12. The van der Waals surface area contributed by atoms with Crippen LogP contribution in [-0.2, 0) is 14.9 Å². The molecule has 0 saturated heterocycles. The molecule has 2 N–H and O–H groups in total. The molecule has 0 aromatic rings. The molecule has 17 heavy (non-hydrogen) atoms. The predicted molar refractivity (Wildman–Crippen MR) is 64.5 cm³/mol. The zero-order valence-electron chi connectivity index (χ0n) is 10.3. The summed E-state index contributed by atoms with van der Waals surface area (Å²) in [5, 5.41) is 8.86. The van der Waals surface area contributed by atoms with E-state index in [1.807, 2.05) is 19.0 Å². The molecule has 0 bridgehead atoms. The molecule has 0 saturated carbocycles. The Kier molecular flexibility index (Phi) is 6.36. The number of carbonyl (C=O) groups is 1. The number of hydrogen-bond acceptors (Lipinski definition) is 4. The molecule has 0 aromatic carbocycles. The van der Waals surface area contributed by atoms with Crippen molar-refractivity contribution in [3.63, 3.8) is 0 Å². The third-order valence-corrected chi connectivity index (χ3v) is 3.09. The van der Waals surface area contributed by atoms with Gasteiger partial charge in [0.1, 0.15) is 0 Å². The molecular formula is C10H19NO5S. The fourth-order valence-corrected chi connectivity index (χ4v) is 1.77. The lowest BCUT2D eigenvalue weighted by Gasteiger charge is -2.13. The Hall–Kier alpha value is -0.920. The summed E-state index contributed by atoms with van der Waals surface area (Å²) in [5.74, 6) is -1.51. The van der Waals surface area contributed by atoms with Gasteiger partial charge in [-0.15, -0.1) is 0 Å². The minimum atomic E-state index is -4.06. The van der Waals surface area contributed by atoms with Crippen molar-refractivity contribution in [2.24, 2.45) is 0 Å². The maximum atomic E-state index is 10.8. The van der Waals surface area contributed by atoms with Gasteiger partial charge in [-0.2, -0.15) is 8.42 Å². The number of carboxylic acid groups (broad SMARTS) is 1. The first-order valence-electron chi connectivity index (χ1n) is 5.15. The van der Waals surface area contributed by atoms with Gasteiger partial charge in [-0.05, 0) is 33.9 Å². The van der Waals surface area contributed by atoms with E-state index < -0.39 is 21.8 Å². The Labute approximate surface area is 102 Å². The highest BCUT2D eigenvalue weighted by Gasteiger charge is 2.13. The molecule has 0 atom stereocenters. The maximum Gasteiger partial charge on any atom is 0.331 e. The van der Waals surface area contributed by atoms with Gasteiger partial charge in [0.15, 0.2) is 0 Å². The SMILES string of the molecule is CC(C(=O)O)=C(CCN(C)C)CCS(=O)(=O)O. The Morgan fingerprint density at radius 2 is 1.76 bits per heavy atom. The van der Waals surface area contributed by atoms with Crippen LogP contribution in [0.5, 0.6) is 0 Å². The van der Waals surface area contributed by atoms with Crippen molar-refractivity contribution in [2.45, 2.75) is 19.8 Å². The molecule has 6 nitrogen and oxygen atoms in total. The molecule has 100 valence electrons. The van der Waals surface area contributed by atoms with Gasteiger partial charge in [-0.1, -0.05) is 5.57 Å². The molecule has 0 aliphatic carbocycles. The van der Waals surface area contributed by atoms with Crippen LogP contribution in [0, 0.1) is 0 Å². The molecule has 0 aliphatic heterocycles. The number of nitrogens with zero attached hydrogens (tertiary/aromatic N) is 1. The lowest BCUT2D eigenvalue weighted by molar-refractivity contribution is -0.132. The van der Waals surface area contributed by atoms with Crippen molar-refractivity contribution in [3.05, 3.63) is 11.1 Å². The average Bonchev–Trinajstić information content (AvgIpc) is 2.14. The van der Waals surface area contributed by atoms with Crippen LogP contribution in [0.2, 0.25) is 0 Å². The summed E-state index contributed by atoms with van der Waals surface area (Å²) in [6.45, 7) is 2.07. The second kappa shape index (κ2) is 6.73. The van der Waals surface area contributed by atoms with Gasteiger partial charge >= 0.3 is 5.97 Å². The normalized spacial score (nSPS) is 13.7. The standard InChI is InChI=1S/C10H19NO5S/c1-8(10(12)13)9(4-6-11(2)3)5-7-17(14,15)16/h4-7H2,1-3H3,(H,12,13)(H,14,15,16). The highest BCUT2D eigenvalue weighted by atomic mass is 32.2. The summed E-state index contributed by atoms with van der Waals surface area (Å²) in [6, 6.07) is 0. The van der Waals surface area contributed by atoms with Crippen LogP contribution in [-0.4, -0.2) is 55.3 Å². The highest BCUT2D eigenvalue weighted by Crippen LogP contribution is 2.15. The zero-order chi connectivity index (χ0) is 13.6. The van der Waals surface area contributed by atoms with Crippen molar-refractivity contribution in [2.75, 3.05) is 26.4 Å². The minimum Gasteiger partial charge on any atom is -0.478 e. The monoisotopic (exact) mass is 265 g/mol. The van der Waals surface area contributed by atoms with Gasteiger partial charge in [0.2, 0.25) is 0 Å². The quantitative estimate of drug-likeness (QED) is 0.517. The third kappa shape index (κ3) is 7.89. The van der Waals surface area contributed by atoms with Gasteiger partial charge in [-0.3, -0.25) is 4.55 Å².